The largest absolute Gasteiger partial charge is 0.462 e. The molecule has 0 radical (unpaired) electrons. The van der Waals surface area contributed by atoms with Gasteiger partial charge in [0.1, 0.15) is 43.8 Å². The highest BCUT2D eigenvalue weighted by Crippen LogP contribution is 2.70. The monoisotopic (exact) mass is 380 g/mol. The van der Waals surface area contributed by atoms with Gasteiger partial charge in [-0.25, -0.2) is 0 Å². The summed E-state index contributed by atoms with van der Waals surface area (Å²) in [7, 11) is 0. The van der Waals surface area contributed by atoms with Crippen molar-refractivity contribution in [1.29, 1.82) is 0 Å². The third-order valence-corrected chi connectivity index (χ3v) is 8.52. The molecule has 0 amide bonds. The van der Waals surface area contributed by atoms with Gasteiger partial charge in [0.25, 0.3) is 0 Å². The van der Waals surface area contributed by atoms with Gasteiger partial charge >= 0.3 is 5.97 Å². The first-order chi connectivity index (χ1) is 13.1. The van der Waals surface area contributed by atoms with E-state index in [4.69, 9.17) is 14.2 Å². The quantitative estimate of drug-likeness (QED) is 0.364. The van der Waals surface area contributed by atoms with Crippen molar-refractivity contribution in [1.82, 2.24) is 0 Å². The van der Waals surface area contributed by atoms with Crippen molar-refractivity contribution in [2.75, 3.05) is 45.9 Å². The highest BCUT2D eigenvalue weighted by molar-refractivity contribution is 5.76. The maximum Gasteiger partial charge on any atom is 0.315 e. The molecule has 3 heterocycles. The number of hydrogen-bond acceptors (Lipinski definition) is 4. The number of epoxide rings is 1. The number of fused-ring (bicyclic) bond motifs is 2. The molecule has 1 spiro atoms. The van der Waals surface area contributed by atoms with E-state index in [0.29, 0.717) is 5.92 Å². The highest BCUT2D eigenvalue weighted by Gasteiger charge is 2.78. The van der Waals surface area contributed by atoms with Crippen LogP contribution in [0.1, 0.15) is 39.5 Å². The summed E-state index contributed by atoms with van der Waals surface area (Å²) < 4.78 is 17.9. The van der Waals surface area contributed by atoms with E-state index in [2.05, 4.69) is 19.2 Å². The van der Waals surface area contributed by atoms with Crippen LogP contribution in [0.2, 0.25) is 0 Å². The van der Waals surface area contributed by atoms with Crippen molar-refractivity contribution >= 4 is 5.97 Å². The number of nitrogens with one attached hydrogen (secondary N) is 1. The van der Waals surface area contributed by atoms with Crippen LogP contribution in [0.15, 0.2) is 0 Å². The molecular weight excluding hydrogens is 344 g/mol. The van der Waals surface area contributed by atoms with Crippen LogP contribution in [0, 0.1) is 23.2 Å². The van der Waals surface area contributed by atoms with Crippen molar-refractivity contribution in [3.8, 4) is 0 Å². The lowest BCUT2D eigenvalue weighted by Gasteiger charge is -2.48. The average Bonchev–Trinajstić information content (AvgIpc) is 3.34. The Morgan fingerprint density at radius 3 is 2.93 bits per heavy atom. The minimum Gasteiger partial charge on any atom is -0.462 e. The van der Waals surface area contributed by atoms with E-state index in [0.717, 1.165) is 52.4 Å². The zero-order valence-corrected chi connectivity index (χ0v) is 16.9. The minimum absolute atomic E-state index is 0.0118. The molecule has 5 aliphatic rings. The molecule has 0 aromatic rings. The zero-order valence-electron chi connectivity index (χ0n) is 16.9. The van der Waals surface area contributed by atoms with Crippen LogP contribution in [0.4, 0.5) is 0 Å². The van der Waals surface area contributed by atoms with Gasteiger partial charge < -0.3 is 24.4 Å². The van der Waals surface area contributed by atoms with E-state index >= 15 is 0 Å². The Labute approximate surface area is 162 Å². The summed E-state index contributed by atoms with van der Waals surface area (Å²) in [6.07, 6.45) is 5.08. The first kappa shape index (κ1) is 18.3. The van der Waals surface area contributed by atoms with E-state index < -0.39 is 0 Å². The van der Waals surface area contributed by atoms with Crippen LogP contribution in [0.5, 0.6) is 0 Å². The Morgan fingerprint density at radius 1 is 1.30 bits per heavy atom. The summed E-state index contributed by atoms with van der Waals surface area (Å²) in [4.78, 5) is 14.3. The van der Waals surface area contributed by atoms with E-state index in [1.165, 1.54) is 19.3 Å². The third kappa shape index (κ3) is 2.78. The van der Waals surface area contributed by atoms with Crippen LogP contribution in [0.3, 0.4) is 0 Å². The molecule has 152 valence electrons. The third-order valence-electron chi connectivity index (χ3n) is 8.52. The van der Waals surface area contributed by atoms with Crippen molar-refractivity contribution < 1.29 is 29.2 Å². The van der Waals surface area contributed by atoms with Crippen molar-refractivity contribution in [3.63, 3.8) is 0 Å². The standard InChI is InChI=1S/C21H34N2O4/c1-14-4-3-5-20(2)12-16-17(18-21(14,20)27-18)15(19(24)26-16)13-22-6-7-23-8-10-25-11-9-23/h14-18,22H,3-13H2,1-2H3/p+2/t14-,15+,16+,17+,18-,20+,21-/m0/s1. The summed E-state index contributed by atoms with van der Waals surface area (Å²) in [6.45, 7) is 11.8. The highest BCUT2D eigenvalue weighted by atomic mass is 16.6. The first-order valence-electron chi connectivity index (χ1n) is 11.2. The van der Waals surface area contributed by atoms with Gasteiger partial charge in [-0.3, -0.25) is 4.79 Å². The number of carbonyl (C=O) groups is 1. The number of rotatable bonds is 5. The summed E-state index contributed by atoms with van der Waals surface area (Å²) in [6, 6.07) is 0. The van der Waals surface area contributed by atoms with Gasteiger partial charge in [-0.1, -0.05) is 20.3 Å². The number of quaternary nitrogens is 2. The number of carbonyl (C=O) groups excluding carboxylic acids is 1. The molecule has 0 bridgehead atoms. The molecule has 0 aromatic heterocycles. The van der Waals surface area contributed by atoms with Crippen LogP contribution in [0.25, 0.3) is 0 Å². The second-order valence-electron chi connectivity index (χ2n) is 9.97. The first-order valence-corrected chi connectivity index (χ1v) is 11.2. The van der Waals surface area contributed by atoms with E-state index in [9.17, 15) is 4.79 Å². The number of esters is 1. The number of morpholine rings is 1. The lowest BCUT2D eigenvalue weighted by atomic mass is 9.53. The fraction of sp³-hybridized carbons (Fsp3) is 0.952. The number of ether oxygens (including phenoxy) is 3. The molecule has 0 unspecified atom stereocenters. The van der Waals surface area contributed by atoms with Gasteiger partial charge in [-0.2, -0.15) is 0 Å². The molecule has 3 N–H and O–H groups in total. The lowest BCUT2D eigenvalue weighted by molar-refractivity contribution is -0.919. The molecular formula is C21H36N2O4+2. The maximum absolute atomic E-state index is 12.7. The van der Waals surface area contributed by atoms with Gasteiger partial charge in [-0.15, -0.1) is 0 Å². The molecule has 5 fully saturated rings. The maximum atomic E-state index is 12.7. The Hall–Kier alpha value is -0.690. The van der Waals surface area contributed by atoms with Crippen molar-refractivity contribution in [2.24, 2.45) is 23.2 Å². The molecule has 2 saturated carbocycles. The lowest BCUT2D eigenvalue weighted by Crippen LogP contribution is -3.16. The fourth-order valence-corrected chi connectivity index (χ4v) is 7.01. The minimum atomic E-state index is 0.0118. The molecule has 7 atom stereocenters. The van der Waals surface area contributed by atoms with Gasteiger partial charge in [0.2, 0.25) is 0 Å². The Kier molecular flexibility index (Phi) is 4.54. The molecule has 2 aliphatic carbocycles. The van der Waals surface area contributed by atoms with Gasteiger partial charge in [0.05, 0.1) is 25.9 Å². The Balaban J connectivity index is 1.21. The normalized spacial score (nSPS) is 49.1. The Morgan fingerprint density at radius 2 is 2.11 bits per heavy atom. The predicted octanol–water partition coefficient (Wildman–Crippen LogP) is -1.01. The summed E-state index contributed by atoms with van der Waals surface area (Å²) in [5.74, 6) is 0.920. The Bertz CT molecular complexity index is 595. The molecule has 5 rings (SSSR count). The summed E-state index contributed by atoms with van der Waals surface area (Å²) in [5.41, 5.74) is 0.214. The van der Waals surface area contributed by atoms with Crippen LogP contribution >= 0.6 is 0 Å². The van der Waals surface area contributed by atoms with Crippen molar-refractivity contribution in [3.05, 3.63) is 0 Å². The second kappa shape index (κ2) is 6.68. The van der Waals surface area contributed by atoms with Crippen LogP contribution < -0.4 is 10.2 Å². The number of nitrogens with two attached hydrogens (primary N) is 1. The topological polar surface area (TPSA) is 69.1 Å². The number of hydrogen-bond donors (Lipinski definition) is 2. The van der Waals surface area contributed by atoms with E-state index in [1.54, 1.807) is 4.90 Å². The molecule has 6 heteroatoms. The summed E-state index contributed by atoms with van der Waals surface area (Å²) in [5, 5.41) is 2.34. The molecule has 0 aromatic carbocycles. The second-order valence-corrected chi connectivity index (χ2v) is 9.97. The smallest absolute Gasteiger partial charge is 0.315 e. The van der Waals surface area contributed by atoms with Gasteiger partial charge in [-0.05, 0) is 25.2 Å². The average molecular weight is 381 g/mol. The zero-order chi connectivity index (χ0) is 18.6. The molecule has 3 saturated heterocycles. The molecule has 6 nitrogen and oxygen atoms in total. The predicted molar refractivity (Wildman–Crippen MR) is 98.2 cm³/mol. The molecule has 27 heavy (non-hydrogen) atoms. The van der Waals surface area contributed by atoms with Gasteiger partial charge in [0.15, 0.2) is 0 Å². The van der Waals surface area contributed by atoms with E-state index in [1.807, 2.05) is 0 Å². The van der Waals surface area contributed by atoms with Crippen molar-refractivity contribution in [2.45, 2.75) is 57.3 Å². The van der Waals surface area contributed by atoms with Gasteiger partial charge in [0, 0.05) is 11.3 Å². The fourth-order valence-electron chi connectivity index (χ4n) is 7.01. The van der Waals surface area contributed by atoms with Crippen LogP contribution in [-0.2, 0) is 19.0 Å². The molecule has 3 aliphatic heterocycles. The summed E-state index contributed by atoms with van der Waals surface area (Å²) >= 11 is 0. The van der Waals surface area contributed by atoms with Crippen LogP contribution in [-0.4, -0.2) is 69.7 Å². The SMILES string of the molecule is C[C@H]1CCC[C@]2(C)C[C@H]3OC(=O)[C@H](C[NH2+]CC[NH+]4CCOCC4)[C@H]3[C@@H]3O[C@@]132. The van der Waals surface area contributed by atoms with E-state index in [-0.39, 0.29) is 41.0 Å².